The summed E-state index contributed by atoms with van der Waals surface area (Å²) < 4.78 is 6.32. The van der Waals surface area contributed by atoms with Crippen molar-refractivity contribution >= 4 is 11.8 Å². The molecule has 3 rings (SSSR count). The van der Waals surface area contributed by atoms with Crippen molar-refractivity contribution in [2.75, 3.05) is 7.11 Å². The number of fused-ring (bicyclic) bond motifs is 1. The van der Waals surface area contributed by atoms with E-state index in [-0.39, 0.29) is 11.5 Å². The van der Waals surface area contributed by atoms with E-state index in [9.17, 15) is 9.59 Å². The van der Waals surface area contributed by atoms with Crippen molar-refractivity contribution in [2.45, 2.75) is 19.3 Å². The minimum Gasteiger partial charge on any atom is -0.464 e. The Morgan fingerprint density at radius 1 is 1.25 bits per heavy atom. The summed E-state index contributed by atoms with van der Waals surface area (Å²) in [5.41, 5.74) is 2.24. The molecule has 0 N–H and O–H groups in total. The lowest BCUT2D eigenvalue weighted by Crippen LogP contribution is -2.15. The number of ether oxygens (including phenoxy) is 1. The van der Waals surface area contributed by atoms with Gasteiger partial charge in [0, 0.05) is 12.0 Å². The van der Waals surface area contributed by atoms with Gasteiger partial charge in [0.2, 0.25) is 0 Å². The molecule has 0 unspecified atom stereocenters. The number of carbonyl (C=O) groups is 2. The molecule has 0 saturated carbocycles. The molecule has 0 fully saturated rings. The second-order valence-electron chi connectivity index (χ2n) is 4.69. The Balaban J connectivity index is 2.23. The summed E-state index contributed by atoms with van der Waals surface area (Å²) in [6.07, 6.45) is 1.92. The molecule has 1 aromatic heterocycles. The lowest BCUT2D eigenvalue weighted by molar-refractivity contribution is 0.0592. The normalized spacial score (nSPS) is 13.9. The van der Waals surface area contributed by atoms with Crippen LogP contribution in [-0.4, -0.2) is 28.6 Å². The summed E-state index contributed by atoms with van der Waals surface area (Å²) >= 11 is 0. The van der Waals surface area contributed by atoms with E-state index in [1.807, 2.05) is 30.3 Å². The van der Waals surface area contributed by atoms with Gasteiger partial charge in [-0.1, -0.05) is 18.2 Å². The molecule has 0 atom stereocenters. The fourth-order valence-corrected chi connectivity index (χ4v) is 2.53. The SMILES string of the molecule is COC(=O)c1nn(-c2ccccc2)c2c1CCCC2=O. The number of para-hydroxylation sites is 1. The molecule has 1 aliphatic carbocycles. The van der Waals surface area contributed by atoms with Crippen molar-refractivity contribution in [3.8, 4) is 5.69 Å². The Bertz CT molecular complexity index is 674. The maximum atomic E-state index is 12.2. The second kappa shape index (κ2) is 4.92. The fourth-order valence-electron chi connectivity index (χ4n) is 2.53. The van der Waals surface area contributed by atoms with Crippen molar-refractivity contribution in [1.82, 2.24) is 9.78 Å². The van der Waals surface area contributed by atoms with Crippen LogP contribution in [0.3, 0.4) is 0 Å². The zero-order chi connectivity index (χ0) is 14.1. The number of rotatable bonds is 2. The Morgan fingerprint density at radius 2 is 2.00 bits per heavy atom. The number of aromatic nitrogens is 2. The number of ketones is 1. The van der Waals surface area contributed by atoms with Gasteiger partial charge < -0.3 is 4.74 Å². The molecule has 20 heavy (non-hydrogen) atoms. The predicted molar refractivity (Wildman–Crippen MR) is 72.2 cm³/mol. The zero-order valence-corrected chi connectivity index (χ0v) is 11.1. The van der Waals surface area contributed by atoms with Crippen LogP contribution in [0, 0.1) is 0 Å². The highest BCUT2D eigenvalue weighted by atomic mass is 16.5. The van der Waals surface area contributed by atoms with Crippen LogP contribution in [0.15, 0.2) is 30.3 Å². The van der Waals surface area contributed by atoms with Crippen LogP contribution < -0.4 is 0 Å². The molecule has 0 bridgehead atoms. The largest absolute Gasteiger partial charge is 0.464 e. The lowest BCUT2D eigenvalue weighted by atomic mass is 9.94. The van der Waals surface area contributed by atoms with Crippen molar-refractivity contribution < 1.29 is 14.3 Å². The quantitative estimate of drug-likeness (QED) is 0.785. The van der Waals surface area contributed by atoms with Crippen LogP contribution in [0.4, 0.5) is 0 Å². The van der Waals surface area contributed by atoms with Crippen molar-refractivity contribution in [1.29, 1.82) is 0 Å². The number of carbonyl (C=O) groups excluding carboxylic acids is 2. The van der Waals surface area contributed by atoms with Crippen LogP contribution in [0.2, 0.25) is 0 Å². The summed E-state index contributed by atoms with van der Waals surface area (Å²) in [5, 5.41) is 4.30. The first-order chi connectivity index (χ1) is 9.72. The highest BCUT2D eigenvalue weighted by molar-refractivity contribution is 6.01. The van der Waals surface area contributed by atoms with Gasteiger partial charge in [-0.2, -0.15) is 5.10 Å². The summed E-state index contributed by atoms with van der Waals surface area (Å²) in [4.78, 5) is 24.0. The first-order valence-electron chi connectivity index (χ1n) is 6.51. The number of hydrogen-bond donors (Lipinski definition) is 0. The number of methoxy groups -OCH3 is 1. The van der Waals surface area contributed by atoms with E-state index >= 15 is 0 Å². The maximum Gasteiger partial charge on any atom is 0.358 e. The number of nitrogens with zero attached hydrogens (tertiary/aromatic N) is 2. The molecule has 1 aromatic carbocycles. The highest BCUT2D eigenvalue weighted by Gasteiger charge is 2.30. The topological polar surface area (TPSA) is 61.2 Å². The Hall–Kier alpha value is -2.43. The van der Waals surface area contributed by atoms with Gasteiger partial charge >= 0.3 is 5.97 Å². The van der Waals surface area contributed by atoms with E-state index in [1.54, 1.807) is 4.68 Å². The van der Waals surface area contributed by atoms with Gasteiger partial charge in [-0.05, 0) is 25.0 Å². The highest BCUT2D eigenvalue weighted by Crippen LogP contribution is 2.27. The van der Waals surface area contributed by atoms with Crippen molar-refractivity contribution in [2.24, 2.45) is 0 Å². The standard InChI is InChI=1S/C15H14N2O3/c1-20-15(19)13-11-8-5-9-12(18)14(11)17(16-13)10-6-3-2-4-7-10/h2-4,6-7H,5,8-9H2,1H3. The Kier molecular flexibility index (Phi) is 3.10. The van der Waals surface area contributed by atoms with Crippen LogP contribution in [-0.2, 0) is 11.2 Å². The number of Topliss-reactive ketones (excluding diaryl/α,β-unsaturated/α-hetero) is 1. The average molecular weight is 270 g/mol. The fraction of sp³-hybridized carbons (Fsp3) is 0.267. The molecule has 0 aliphatic heterocycles. The number of hydrogen-bond acceptors (Lipinski definition) is 4. The minimum absolute atomic E-state index is 0.0257. The van der Waals surface area contributed by atoms with Crippen LogP contribution in [0.1, 0.15) is 39.4 Å². The van der Waals surface area contributed by atoms with Gasteiger partial charge in [-0.15, -0.1) is 0 Å². The molecule has 2 aromatic rings. The molecule has 0 spiro atoms. The predicted octanol–water partition coefficient (Wildman–Crippen LogP) is 2.18. The second-order valence-corrected chi connectivity index (χ2v) is 4.69. The Labute approximate surface area is 116 Å². The van der Waals surface area contributed by atoms with Gasteiger partial charge in [-0.3, -0.25) is 4.79 Å². The first-order valence-corrected chi connectivity index (χ1v) is 6.51. The number of esters is 1. The van der Waals surface area contributed by atoms with E-state index in [4.69, 9.17) is 4.74 Å². The van der Waals surface area contributed by atoms with Crippen LogP contribution in [0.25, 0.3) is 5.69 Å². The van der Waals surface area contributed by atoms with Crippen molar-refractivity contribution in [3.63, 3.8) is 0 Å². The molecule has 1 aliphatic rings. The third-order valence-corrected chi connectivity index (χ3v) is 3.46. The van der Waals surface area contributed by atoms with E-state index in [0.717, 1.165) is 12.1 Å². The monoisotopic (exact) mass is 270 g/mol. The van der Waals surface area contributed by atoms with Gasteiger partial charge in [0.1, 0.15) is 5.69 Å². The maximum absolute atomic E-state index is 12.2. The molecule has 5 nitrogen and oxygen atoms in total. The van der Waals surface area contributed by atoms with Crippen LogP contribution >= 0.6 is 0 Å². The molecule has 5 heteroatoms. The number of benzene rings is 1. The van der Waals surface area contributed by atoms with Crippen LogP contribution in [0.5, 0.6) is 0 Å². The Morgan fingerprint density at radius 3 is 2.70 bits per heavy atom. The van der Waals surface area contributed by atoms with E-state index in [2.05, 4.69) is 5.10 Å². The molecule has 0 saturated heterocycles. The summed E-state index contributed by atoms with van der Waals surface area (Å²) in [5.74, 6) is -0.469. The third kappa shape index (κ3) is 1.91. The molecule has 0 radical (unpaired) electrons. The molecule has 0 amide bonds. The lowest BCUT2D eigenvalue weighted by Gasteiger charge is -2.12. The van der Waals surface area contributed by atoms with Gasteiger partial charge in [0.15, 0.2) is 11.5 Å². The van der Waals surface area contributed by atoms with Gasteiger partial charge in [0.25, 0.3) is 0 Å². The van der Waals surface area contributed by atoms with E-state index < -0.39 is 5.97 Å². The summed E-state index contributed by atoms with van der Waals surface area (Å²) in [7, 11) is 1.32. The molecule has 102 valence electrons. The zero-order valence-electron chi connectivity index (χ0n) is 11.1. The molecular weight excluding hydrogens is 256 g/mol. The van der Waals surface area contributed by atoms with E-state index in [1.165, 1.54) is 7.11 Å². The first kappa shape index (κ1) is 12.6. The average Bonchev–Trinajstić information content (AvgIpc) is 2.88. The smallest absolute Gasteiger partial charge is 0.358 e. The summed E-state index contributed by atoms with van der Waals surface area (Å²) in [6, 6.07) is 9.35. The third-order valence-electron chi connectivity index (χ3n) is 3.46. The van der Waals surface area contributed by atoms with Gasteiger partial charge in [-0.25, -0.2) is 9.48 Å². The van der Waals surface area contributed by atoms with Crippen molar-refractivity contribution in [3.05, 3.63) is 47.3 Å². The minimum atomic E-state index is -0.495. The molecule has 1 heterocycles. The van der Waals surface area contributed by atoms with Gasteiger partial charge in [0.05, 0.1) is 12.8 Å². The van der Waals surface area contributed by atoms with E-state index in [0.29, 0.717) is 24.1 Å². The molecular formula is C15H14N2O3. The summed E-state index contributed by atoms with van der Waals surface area (Å²) in [6.45, 7) is 0.